The highest BCUT2D eigenvalue weighted by molar-refractivity contribution is 7.09. The lowest BCUT2D eigenvalue weighted by atomic mass is 9.63. The van der Waals surface area contributed by atoms with Crippen molar-refractivity contribution in [3.63, 3.8) is 0 Å². The number of hydrogen-bond acceptors (Lipinski definition) is 3. The lowest BCUT2D eigenvalue weighted by Gasteiger charge is -2.42. The van der Waals surface area contributed by atoms with Gasteiger partial charge in [0.1, 0.15) is 17.4 Å². The van der Waals surface area contributed by atoms with Crippen LogP contribution in [0.25, 0.3) is 11.3 Å². The molecule has 0 atom stereocenters. The first-order chi connectivity index (χ1) is 13.3. The summed E-state index contributed by atoms with van der Waals surface area (Å²) >= 11 is 7.79. The van der Waals surface area contributed by atoms with Gasteiger partial charge in [0.05, 0.1) is 10.7 Å². The molecular weight excluding hydrogens is 386 g/mol. The van der Waals surface area contributed by atoms with Crippen LogP contribution in [0, 0.1) is 0 Å². The molecule has 0 fully saturated rings. The molecule has 4 rings (SSSR count). The van der Waals surface area contributed by atoms with Crippen LogP contribution < -0.4 is 4.74 Å². The Hall–Kier alpha value is -1.84. The zero-order valence-corrected chi connectivity index (χ0v) is 18.5. The molecule has 0 spiro atoms. The average Bonchev–Trinajstić information content (AvgIpc) is 3.14. The standard InChI is InChI=1S/C24H26ClNOS/c1-23(2)11-12-24(3,4)18-13-16(9-10-17(18)23)20-15-28-22(26-20)14-27-21-8-6-5-7-19(21)25/h5-10,13,15H,11-12,14H2,1-4H3. The Morgan fingerprint density at radius 3 is 2.46 bits per heavy atom. The van der Waals surface area contributed by atoms with E-state index in [1.807, 2.05) is 24.3 Å². The number of fused-ring (bicyclic) bond motifs is 1. The van der Waals surface area contributed by atoms with E-state index in [0.29, 0.717) is 17.4 Å². The van der Waals surface area contributed by atoms with E-state index in [0.717, 1.165) is 10.7 Å². The molecule has 0 saturated heterocycles. The van der Waals surface area contributed by atoms with E-state index >= 15 is 0 Å². The molecule has 0 amide bonds. The molecule has 1 aliphatic rings. The van der Waals surface area contributed by atoms with E-state index in [4.69, 9.17) is 21.3 Å². The average molecular weight is 412 g/mol. The summed E-state index contributed by atoms with van der Waals surface area (Å²) in [6, 6.07) is 14.4. The first kappa shape index (κ1) is 19.5. The number of hydrogen-bond donors (Lipinski definition) is 0. The molecule has 2 aromatic carbocycles. The highest BCUT2D eigenvalue weighted by Crippen LogP contribution is 2.46. The van der Waals surface area contributed by atoms with Gasteiger partial charge in [0, 0.05) is 10.9 Å². The molecular formula is C24H26ClNOS. The van der Waals surface area contributed by atoms with Crippen molar-refractivity contribution >= 4 is 22.9 Å². The molecule has 0 unspecified atom stereocenters. The van der Waals surface area contributed by atoms with E-state index in [9.17, 15) is 0 Å². The summed E-state index contributed by atoms with van der Waals surface area (Å²) in [6.45, 7) is 9.85. The molecule has 0 saturated carbocycles. The number of para-hydroxylation sites is 1. The van der Waals surface area contributed by atoms with Crippen LogP contribution in [0.5, 0.6) is 5.75 Å². The van der Waals surface area contributed by atoms with Crippen LogP contribution >= 0.6 is 22.9 Å². The Kier molecular flexibility index (Phi) is 5.01. The maximum absolute atomic E-state index is 6.17. The fraction of sp³-hybridized carbons (Fsp3) is 0.375. The Bertz CT molecular complexity index is 1010. The van der Waals surface area contributed by atoms with E-state index in [2.05, 4.69) is 51.3 Å². The van der Waals surface area contributed by atoms with Crippen molar-refractivity contribution in [3.05, 3.63) is 69.0 Å². The molecule has 1 aliphatic carbocycles. The van der Waals surface area contributed by atoms with Gasteiger partial charge in [-0.1, -0.05) is 63.6 Å². The SMILES string of the molecule is CC1(C)CCC(C)(C)c2cc(-c3csc(COc4ccccc4Cl)n3)ccc21. The summed E-state index contributed by atoms with van der Waals surface area (Å²) in [4.78, 5) is 4.81. The van der Waals surface area contributed by atoms with Gasteiger partial charge in [0.25, 0.3) is 0 Å². The minimum absolute atomic E-state index is 0.201. The lowest BCUT2D eigenvalue weighted by molar-refractivity contribution is 0.306. The number of rotatable bonds is 4. The molecule has 4 heteroatoms. The molecule has 0 radical (unpaired) electrons. The highest BCUT2D eigenvalue weighted by atomic mass is 35.5. The zero-order valence-electron chi connectivity index (χ0n) is 16.9. The highest BCUT2D eigenvalue weighted by Gasteiger charge is 2.37. The van der Waals surface area contributed by atoms with Crippen LogP contribution in [0.3, 0.4) is 0 Å². The Morgan fingerprint density at radius 1 is 1.00 bits per heavy atom. The zero-order chi connectivity index (χ0) is 19.9. The maximum Gasteiger partial charge on any atom is 0.140 e. The summed E-state index contributed by atoms with van der Waals surface area (Å²) in [5.41, 5.74) is 5.58. The van der Waals surface area contributed by atoms with Crippen molar-refractivity contribution in [2.24, 2.45) is 0 Å². The van der Waals surface area contributed by atoms with Crippen molar-refractivity contribution in [2.45, 2.75) is 58.0 Å². The topological polar surface area (TPSA) is 22.1 Å². The molecule has 0 bridgehead atoms. The second-order valence-electron chi connectivity index (χ2n) is 8.87. The first-order valence-electron chi connectivity index (χ1n) is 9.73. The van der Waals surface area contributed by atoms with Gasteiger partial charge in [-0.05, 0) is 53.0 Å². The number of nitrogens with zero attached hydrogens (tertiary/aromatic N) is 1. The summed E-state index contributed by atoms with van der Waals surface area (Å²) in [5, 5.41) is 3.69. The van der Waals surface area contributed by atoms with Crippen LogP contribution in [0.1, 0.15) is 56.7 Å². The van der Waals surface area contributed by atoms with Crippen LogP contribution in [-0.2, 0) is 17.4 Å². The summed E-state index contributed by atoms with van der Waals surface area (Å²) in [5.74, 6) is 0.693. The third kappa shape index (κ3) is 3.70. The van der Waals surface area contributed by atoms with Crippen molar-refractivity contribution in [1.82, 2.24) is 4.98 Å². The number of ether oxygens (including phenoxy) is 1. The van der Waals surface area contributed by atoms with Crippen molar-refractivity contribution in [3.8, 4) is 17.0 Å². The summed E-state index contributed by atoms with van der Waals surface area (Å²) in [7, 11) is 0. The van der Waals surface area contributed by atoms with E-state index in [1.165, 1.54) is 29.5 Å². The molecule has 28 heavy (non-hydrogen) atoms. The minimum Gasteiger partial charge on any atom is -0.485 e. The lowest BCUT2D eigenvalue weighted by Crippen LogP contribution is -2.33. The summed E-state index contributed by atoms with van der Waals surface area (Å²) in [6.07, 6.45) is 2.44. The van der Waals surface area contributed by atoms with Gasteiger partial charge in [-0.15, -0.1) is 11.3 Å². The third-order valence-corrected chi connectivity index (χ3v) is 7.02. The van der Waals surface area contributed by atoms with Gasteiger partial charge < -0.3 is 4.74 Å². The Morgan fingerprint density at radius 2 is 1.71 bits per heavy atom. The third-order valence-electron chi connectivity index (χ3n) is 5.89. The van der Waals surface area contributed by atoms with E-state index < -0.39 is 0 Å². The van der Waals surface area contributed by atoms with Crippen LogP contribution in [-0.4, -0.2) is 4.98 Å². The van der Waals surface area contributed by atoms with Gasteiger partial charge in [-0.25, -0.2) is 4.98 Å². The Labute approximate surface area is 176 Å². The quantitative estimate of drug-likeness (QED) is 0.446. The van der Waals surface area contributed by atoms with Crippen molar-refractivity contribution < 1.29 is 4.74 Å². The van der Waals surface area contributed by atoms with Gasteiger partial charge in [0.15, 0.2) is 0 Å². The minimum atomic E-state index is 0.201. The normalized spacial score (nSPS) is 17.2. The Balaban J connectivity index is 1.58. The number of thiazole rings is 1. The van der Waals surface area contributed by atoms with E-state index in [-0.39, 0.29) is 10.8 Å². The van der Waals surface area contributed by atoms with Gasteiger partial charge in [-0.2, -0.15) is 0 Å². The molecule has 146 valence electrons. The first-order valence-corrected chi connectivity index (χ1v) is 11.0. The smallest absolute Gasteiger partial charge is 0.140 e. The van der Waals surface area contributed by atoms with Crippen LogP contribution in [0.15, 0.2) is 47.8 Å². The van der Waals surface area contributed by atoms with Crippen LogP contribution in [0.2, 0.25) is 5.02 Å². The number of benzene rings is 2. The molecule has 1 heterocycles. The fourth-order valence-corrected chi connectivity index (χ4v) is 4.86. The summed E-state index contributed by atoms with van der Waals surface area (Å²) < 4.78 is 5.84. The van der Waals surface area contributed by atoms with Crippen molar-refractivity contribution in [1.29, 1.82) is 0 Å². The fourth-order valence-electron chi connectivity index (χ4n) is 3.96. The van der Waals surface area contributed by atoms with Gasteiger partial charge in [0.2, 0.25) is 0 Å². The molecule has 0 aliphatic heterocycles. The maximum atomic E-state index is 6.17. The predicted octanol–water partition coefficient (Wildman–Crippen LogP) is 7.39. The molecule has 1 aromatic heterocycles. The number of halogens is 1. The molecule has 3 aromatic rings. The second-order valence-corrected chi connectivity index (χ2v) is 10.2. The van der Waals surface area contributed by atoms with Crippen LogP contribution in [0.4, 0.5) is 0 Å². The number of aromatic nitrogens is 1. The second kappa shape index (κ2) is 7.20. The van der Waals surface area contributed by atoms with Gasteiger partial charge in [-0.3, -0.25) is 0 Å². The molecule has 0 N–H and O–H groups in total. The van der Waals surface area contributed by atoms with E-state index in [1.54, 1.807) is 11.3 Å². The monoisotopic (exact) mass is 411 g/mol. The van der Waals surface area contributed by atoms with Gasteiger partial charge >= 0.3 is 0 Å². The van der Waals surface area contributed by atoms with Crippen molar-refractivity contribution in [2.75, 3.05) is 0 Å². The predicted molar refractivity (Wildman–Crippen MR) is 119 cm³/mol. The molecule has 2 nitrogen and oxygen atoms in total. The largest absolute Gasteiger partial charge is 0.485 e.